The van der Waals surface area contributed by atoms with E-state index in [0.717, 1.165) is 16.3 Å². The summed E-state index contributed by atoms with van der Waals surface area (Å²) in [5.74, 6) is 0.681. The Bertz CT molecular complexity index is 618. The van der Waals surface area contributed by atoms with Gasteiger partial charge in [-0.2, -0.15) is 0 Å². The van der Waals surface area contributed by atoms with E-state index in [4.69, 9.17) is 4.74 Å². The van der Waals surface area contributed by atoms with Crippen molar-refractivity contribution in [3.63, 3.8) is 0 Å². The van der Waals surface area contributed by atoms with E-state index in [0.29, 0.717) is 0 Å². The number of anilines is 1. The summed E-state index contributed by atoms with van der Waals surface area (Å²) in [5, 5.41) is 4.58. The van der Waals surface area contributed by atoms with Crippen molar-refractivity contribution in [3.8, 4) is 5.75 Å². The summed E-state index contributed by atoms with van der Waals surface area (Å²) >= 11 is 1.48. The summed E-state index contributed by atoms with van der Waals surface area (Å²) in [7, 11) is 1.64. The van der Waals surface area contributed by atoms with E-state index in [1.807, 2.05) is 55.5 Å². The van der Waals surface area contributed by atoms with Gasteiger partial charge < -0.3 is 10.1 Å². The van der Waals surface area contributed by atoms with Crippen LogP contribution in [0.1, 0.15) is 5.56 Å². The lowest BCUT2D eigenvalue weighted by atomic mass is 10.2. The maximum Gasteiger partial charge on any atom is 0.248 e. The van der Waals surface area contributed by atoms with Gasteiger partial charge in [-0.25, -0.2) is 0 Å². The third-order valence-electron chi connectivity index (χ3n) is 2.80. The average Bonchev–Trinajstić information content (AvgIpc) is 2.50. The van der Waals surface area contributed by atoms with Crippen molar-refractivity contribution in [1.29, 1.82) is 0 Å². The summed E-state index contributed by atoms with van der Waals surface area (Å²) in [6.07, 6.45) is 1.52. The number of amides is 1. The first kappa shape index (κ1) is 15.2. The fraction of sp³-hybridized carbons (Fsp3) is 0.118. The van der Waals surface area contributed by atoms with Gasteiger partial charge >= 0.3 is 0 Å². The molecule has 2 aromatic carbocycles. The van der Waals surface area contributed by atoms with Crippen molar-refractivity contribution in [2.24, 2.45) is 0 Å². The molecular weight excluding hydrogens is 282 g/mol. The number of carbonyl (C=O) groups is 1. The highest BCUT2D eigenvalue weighted by Crippen LogP contribution is 2.22. The Balaban J connectivity index is 1.85. The third-order valence-corrected chi connectivity index (χ3v) is 3.62. The van der Waals surface area contributed by atoms with Crippen molar-refractivity contribution in [3.05, 3.63) is 65.6 Å². The molecule has 0 aliphatic carbocycles. The second-order valence-electron chi connectivity index (χ2n) is 4.45. The summed E-state index contributed by atoms with van der Waals surface area (Å²) < 4.78 is 5.10. The van der Waals surface area contributed by atoms with Gasteiger partial charge in [-0.1, -0.05) is 29.5 Å². The van der Waals surface area contributed by atoms with E-state index in [2.05, 4.69) is 5.32 Å². The minimum absolute atomic E-state index is 0.139. The Morgan fingerprint density at radius 1 is 1.10 bits per heavy atom. The smallest absolute Gasteiger partial charge is 0.248 e. The summed E-state index contributed by atoms with van der Waals surface area (Å²) in [6, 6.07) is 15.4. The molecule has 0 aliphatic heterocycles. The Kier molecular flexibility index (Phi) is 5.46. The number of rotatable bonds is 5. The minimum atomic E-state index is -0.139. The van der Waals surface area contributed by atoms with E-state index >= 15 is 0 Å². The van der Waals surface area contributed by atoms with Crippen LogP contribution >= 0.6 is 11.8 Å². The quantitative estimate of drug-likeness (QED) is 0.662. The normalized spacial score (nSPS) is 10.6. The van der Waals surface area contributed by atoms with Crippen LogP contribution in [-0.4, -0.2) is 13.0 Å². The summed E-state index contributed by atoms with van der Waals surface area (Å²) in [4.78, 5) is 12.8. The first-order valence-electron chi connectivity index (χ1n) is 6.52. The molecule has 0 heterocycles. The fourth-order valence-electron chi connectivity index (χ4n) is 1.65. The Labute approximate surface area is 129 Å². The molecule has 0 radical (unpaired) electrons. The van der Waals surface area contributed by atoms with E-state index in [1.165, 1.54) is 23.4 Å². The highest BCUT2D eigenvalue weighted by atomic mass is 32.2. The Morgan fingerprint density at radius 3 is 2.38 bits per heavy atom. The second-order valence-corrected chi connectivity index (χ2v) is 5.43. The predicted molar refractivity (Wildman–Crippen MR) is 87.8 cm³/mol. The molecule has 0 aromatic heterocycles. The lowest BCUT2D eigenvalue weighted by Gasteiger charge is -2.02. The van der Waals surface area contributed by atoms with Crippen LogP contribution in [0.15, 0.2) is 64.9 Å². The zero-order chi connectivity index (χ0) is 15.1. The number of benzene rings is 2. The van der Waals surface area contributed by atoms with Gasteiger partial charge in [0.2, 0.25) is 5.91 Å². The van der Waals surface area contributed by atoms with Gasteiger partial charge in [-0.15, -0.1) is 0 Å². The SMILES string of the molecule is COc1ccc(SC=CC(=O)Nc2ccc(C)cc2)cc1. The molecule has 0 aliphatic rings. The van der Waals surface area contributed by atoms with Crippen molar-refractivity contribution in [2.45, 2.75) is 11.8 Å². The van der Waals surface area contributed by atoms with Crippen LogP contribution in [0.25, 0.3) is 0 Å². The van der Waals surface area contributed by atoms with Crippen molar-refractivity contribution in [1.82, 2.24) is 0 Å². The molecule has 0 bridgehead atoms. The van der Waals surface area contributed by atoms with Gasteiger partial charge in [0, 0.05) is 16.7 Å². The van der Waals surface area contributed by atoms with Gasteiger partial charge in [0.15, 0.2) is 0 Å². The molecule has 0 unspecified atom stereocenters. The second kappa shape index (κ2) is 7.55. The number of hydrogen-bond acceptors (Lipinski definition) is 3. The van der Waals surface area contributed by atoms with Gasteiger partial charge in [-0.3, -0.25) is 4.79 Å². The Hall–Kier alpha value is -2.20. The largest absolute Gasteiger partial charge is 0.497 e. The first-order chi connectivity index (χ1) is 10.2. The zero-order valence-corrected chi connectivity index (χ0v) is 12.8. The minimum Gasteiger partial charge on any atom is -0.497 e. The van der Waals surface area contributed by atoms with Crippen LogP contribution in [0, 0.1) is 6.92 Å². The fourth-order valence-corrected chi connectivity index (χ4v) is 2.29. The van der Waals surface area contributed by atoms with E-state index in [-0.39, 0.29) is 5.91 Å². The molecule has 0 saturated heterocycles. The van der Waals surface area contributed by atoms with Gasteiger partial charge in [-0.05, 0) is 48.7 Å². The van der Waals surface area contributed by atoms with Gasteiger partial charge in [0.1, 0.15) is 5.75 Å². The van der Waals surface area contributed by atoms with Crippen molar-refractivity contribution >= 4 is 23.4 Å². The lowest BCUT2D eigenvalue weighted by Crippen LogP contribution is -2.07. The number of thioether (sulfide) groups is 1. The molecule has 0 spiro atoms. The zero-order valence-electron chi connectivity index (χ0n) is 12.0. The topological polar surface area (TPSA) is 38.3 Å². The Morgan fingerprint density at radius 2 is 1.76 bits per heavy atom. The van der Waals surface area contributed by atoms with E-state index < -0.39 is 0 Å². The molecule has 4 heteroatoms. The molecule has 108 valence electrons. The summed E-state index contributed by atoms with van der Waals surface area (Å²) in [5.41, 5.74) is 1.96. The molecular formula is C17H17NO2S. The maximum atomic E-state index is 11.8. The number of methoxy groups -OCH3 is 1. The first-order valence-corrected chi connectivity index (χ1v) is 7.40. The lowest BCUT2D eigenvalue weighted by molar-refractivity contribution is -0.111. The predicted octanol–water partition coefficient (Wildman–Crippen LogP) is 4.25. The molecule has 1 N–H and O–H groups in total. The number of hydrogen-bond donors (Lipinski definition) is 1. The average molecular weight is 299 g/mol. The molecule has 0 saturated carbocycles. The highest BCUT2D eigenvalue weighted by molar-refractivity contribution is 8.02. The van der Waals surface area contributed by atoms with E-state index in [1.54, 1.807) is 12.5 Å². The molecule has 0 atom stereocenters. The summed E-state index contributed by atoms with van der Waals surface area (Å²) in [6.45, 7) is 2.01. The molecule has 1 amide bonds. The highest BCUT2D eigenvalue weighted by Gasteiger charge is 1.98. The van der Waals surface area contributed by atoms with E-state index in [9.17, 15) is 4.79 Å². The van der Waals surface area contributed by atoms with Crippen LogP contribution in [-0.2, 0) is 4.79 Å². The number of aryl methyl sites for hydroxylation is 1. The van der Waals surface area contributed by atoms with Crippen LogP contribution in [0.4, 0.5) is 5.69 Å². The monoisotopic (exact) mass is 299 g/mol. The van der Waals surface area contributed by atoms with Crippen LogP contribution in [0.2, 0.25) is 0 Å². The maximum absolute atomic E-state index is 11.8. The van der Waals surface area contributed by atoms with Gasteiger partial charge in [0.05, 0.1) is 7.11 Å². The van der Waals surface area contributed by atoms with Crippen LogP contribution in [0.3, 0.4) is 0 Å². The van der Waals surface area contributed by atoms with Gasteiger partial charge in [0.25, 0.3) is 0 Å². The molecule has 0 fully saturated rings. The number of nitrogens with one attached hydrogen (secondary N) is 1. The van der Waals surface area contributed by atoms with Crippen LogP contribution < -0.4 is 10.1 Å². The molecule has 2 rings (SSSR count). The molecule has 3 nitrogen and oxygen atoms in total. The van der Waals surface area contributed by atoms with Crippen molar-refractivity contribution < 1.29 is 9.53 Å². The standard InChI is InChI=1S/C17H17NO2S/c1-13-3-5-14(6-4-13)18-17(19)11-12-21-16-9-7-15(20-2)8-10-16/h3-12H,1-2H3,(H,18,19). The third kappa shape index (κ3) is 5.00. The van der Waals surface area contributed by atoms with Crippen molar-refractivity contribution in [2.75, 3.05) is 12.4 Å². The number of ether oxygens (including phenoxy) is 1. The molecule has 21 heavy (non-hydrogen) atoms. The van der Waals surface area contributed by atoms with Crippen LogP contribution in [0.5, 0.6) is 5.75 Å². The number of carbonyl (C=O) groups excluding carboxylic acids is 1. The molecule has 2 aromatic rings.